The fourth-order valence-electron chi connectivity index (χ4n) is 3.23. The van der Waals surface area contributed by atoms with E-state index >= 15 is 0 Å². The molecule has 0 saturated carbocycles. The van der Waals surface area contributed by atoms with Crippen molar-refractivity contribution in [1.29, 1.82) is 0 Å². The maximum Gasteiger partial charge on any atom is 0.573 e. The number of anilines is 1. The van der Waals surface area contributed by atoms with Gasteiger partial charge in [-0.05, 0) is 49.2 Å². The average molecular weight is 526 g/mol. The second-order valence-electron chi connectivity index (χ2n) is 7.45. The molecule has 3 rings (SSSR count). The van der Waals surface area contributed by atoms with E-state index in [1.54, 1.807) is 13.8 Å². The van der Waals surface area contributed by atoms with Gasteiger partial charge in [0.1, 0.15) is 22.8 Å². The molecular formula is C24H21F4N3O6. The average Bonchev–Trinajstić information content (AvgIpc) is 2.83. The monoisotopic (exact) mass is 526 g/mol. The Kier molecular flexibility index (Phi) is 6.56. The fraction of sp³-hybridized carbons (Fsp3) is 0.208. The van der Waals surface area contributed by atoms with Gasteiger partial charge < -0.3 is 30.0 Å². The first-order chi connectivity index (χ1) is 18.5. The van der Waals surface area contributed by atoms with E-state index in [0.717, 1.165) is 6.07 Å². The number of alkyl halides is 3. The number of hydrogen-bond donors (Lipinski definition) is 2. The molecule has 1 heterocycles. The van der Waals surface area contributed by atoms with E-state index in [1.165, 1.54) is 31.5 Å². The summed E-state index contributed by atoms with van der Waals surface area (Å²) in [5.41, 5.74) is 5.89. The van der Waals surface area contributed by atoms with E-state index in [2.05, 4.69) is 19.8 Å². The third-order valence-corrected chi connectivity index (χ3v) is 4.92. The third kappa shape index (κ3) is 6.00. The number of rotatable bonds is 8. The van der Waals surface area contributed by atoms with Gasteiger partial charge in [-0.2, -0.15) is 4.39 Å². The highest BCUT2D eigenvalue weighted by molar-refractivity contribution is 6.09. The molecule has 0 bridgehead atoms. The number of hydrogen-bond acceptors (Lipinski definition) is 7. The first-order valence-electron chi connectivity index (χ1n) is 11.7. The van der Waals surface area contributed by atoms with Gasteiger partial charge in [-0.25, -0.2) is 0 Å². The molecule has 9 nitrogen and oxygen atoms in total. The van der Waals surface area contributed by atoms with Gasteiger partial charge in [0.15, 0.2) is 11.5 Å². The van der Waals surface area contributed by atoms with Gasteiger partial charge in [0.05, 0.1) is 18.3 Å². The molecule has 2 amide bonds. The molecule has 0 atom stereocenters. The van der Waals surface area contributed by atoms with Crippen LogP contribution in [0.4, 0.5) is 23.2 Å². The largest absolute Gasteiger partial charge is 0.573 e. The lowest BCUT2D eigenvalue weighted by molar-refractivity contribution is -0.275. The van der Waals surface area contributed by atoms with Crippen molar-refractivity contribution < 1.29 is 50.2 Å². The molecule has 0 aliphatic rings. The number of carbonyl (C=O) groups excluding carboxylic acids is 2. The molecule has 196 valence electrons. The van der Waals surface area contributed by atoms with Gasteiger partial charge in [-0.1, -0.05) is 6.07 Å². The Morgan fingerprint density at radius 3 is 2.32 bits per heavy atom. The minimum Gasteiger partial charge on any atom is -0.495 e. The number of nitrogens with zero attached hydrogens (tertiary/aromatic N) is 1. The molecule has 2 aromatic carbocycles. The smallest absolute Gasteiger partial charge is 0.495 e. The number of aromatic nitrogens is 1. The number of pyridine rings is 1. The number of carbonyl (C=O) groups is 2. The van der Waals surface area contributed by atoms with Crippen LogP contribution in [0.5, 0.6) is 28.7 Å². The predicted octanol–water partition coefficient (Wildman–Crippen LogP) is 4.90. The van der Waals surface area contributed by atoms with Gasteiger partial charge in [-0.3, -0.25) is 14.6 Å². The molecule has 0 saturated heterocycles. The highest BCUT2D eigenvalue weighted by Gasteiger charge is 2.34. The Morgan fingerprint density at radius 2 is 1.70 bits per heavy atom. The molecule has 37 heavy (non-hydrogen) atoms. The zero-order valence-corrected chi connectivity index (χ0v) is 19.5. The number of ether oxygens (including phenoxy) is 4. The molecule has 1 aromatic heterocycles. The van der Waals surface area contributed by atoms with Crippen molar-refractivity contribution in [2.75, 3.05) is 19.5 Å². The quantitative estimate of drug-likeness (QED) is 0.401. The van der Waals surface area contributed by atoms with E-state index in [4.69, 9.17) is 19.3 Å². The number of nitrogens with one attached hydrogen (secondary N) is 1. The standard InChI is InChI=1S/C24H21F4N3O6/c1-11-5-6-15(36-17-8-7-16(37-24(26,27)28)19(25)21(17)35-4)18(20(11)34-3)23(33)31-13-9-14(22(29)32)30-10-12(13)2/h5-10H,1-4H3,(H2,29,32)(H,30,31,33)/i4D3. The first-order valence-corrected chi connectivity index (χ1v) is 10.2. The van der Waals surface area contributed by atoms with Gasteiger partial charge in [-0.15, -0.1) is 13.2 Å². The van der Waals surface area contributed by atoms with E-state index < -0.39 is 48.3 Å². The fourth-order valence-corrected chi connectivity index (χ4v) is 3.23. The van der Waals surface area contributed by atoms with Crippen LogP contribution in [0.15, 0.2) is 36.5 Å². The summed E-state index contributed by atoms with van der Waals surface area (Å²) in [6.07, 6.45) is -4.00. The zero-order chi connectivity index (χ0) is 30.0. The Hall–Kier alpha value is -4.55. The van der Waals surface area contributed by atoms with Crippen molar-refractivity contribution in [1.82, 2.24) is 4.98 Å². The minimum atomic E-state index is -5.30. The summed E-state index contributed by atoms with van der Waals surface area (Å²) in [6.45, 7) is 3.18. The van der Waals surface area contributed by atoms with Crippen molar-refractivity contribution in [2.24, 2.45) is 5.73 Å². The van der Waals surface area contributed by atoms with Crippen LogP contribution in [0.3, 0.4) is 0 Å². The number of halogens is 4. The topological polar surface area (TPSA) is 122 Å². The van der Waals surface area contributed by atoms with E-state index in [0.29, 0.717) is 17.2 Å². The molecule has 0 spiro atoms. The number of aryl methyl sites for hydroxylation is 2. The molecule has 0 radical (unpaired) electrons. The van der Waals surface area contributed by atoms with Crippen LogP contribution in [0.25, 0.3) is 0 Å². The zero-order valence-electron chi connectivity index (χ0n) is 22.5. The number of amides is 2. The Labute approximate surface area is 212 Å². The van der Waals surface area contributed by atoms with E-state index in [9.17, 15) is 27.2 Å². The summed E-state index contributed by atoms with van der Waals surface area (Å²) < 4.78 is 94.2. The third-order valence-electron chi connectivity index (χ3n) is 4.92. The molecule has 0 unspecified atom stereocenters. The Morgan fingerprint density at radius 1 is 1.03 bits per heavy atom. The number of benzene rings is 2. The summed E-state index contributed by atoms with van der Waals surface area (Å²) in [5, 5.41) is 2.56. The summed E-state index contributed by atoms with van der Waals surface area (Å²) in [5.74, 6) is -7.15. The number of primary amides is 1. The van der Waals surface area contributed by atoms with Crippen molar-refractivity contribution in [3.63, 3.8) is 0 Å². The SMILES string of the molecule is [2H]C([2H])([2H])Oc1c(Oc2ccc(C)c(OC)c2C(=O)Nc2cc(C(N)=O)ncc2C)ccc(OC(F)(F)F)c1F. The normalized spacial score (nSPS) is 12.6. The summed E-state index contributed by atoms with van der Waals surface area (Å²) in [4.78, 5) is 28.8. The summed E-state index contributed by atoms with van der Waals surface area (Å²) in [7, 11) is -2.06. The van der Waals surface area contributed by atoms with Gasteiger partial charge in [0.2, 0.25) is 11.6 Å². The molecule has 0 fully saturated rings. The molecular weight excluding hydrogens is 502 g/mol. The van der Waals surface area contributed by atoms with Crippen LogP contribution < -0.4 is 30.0 Å². The van der Waals surface area contributed by atoms with Crippen LogP contribution >= 0.6 is 0 Å². The molecule has 13 heteroatoms. The second-order valence-corrected chi connectivity index (χ2v) is 7.45. The van der Waals surface area contributed by atoms with Crippen molar-refractivity contribution >= 4 is 17.5 Å². The summed E-state index contributed by atoms with van der Waals surface area (Å²) in [6, 6.07) is 5.26. The lowest BCUT2D eigenvalue weighted by atomic mass is 10.1. The minimum absolute atomic E-state index is 0.00683. The first kappa shape index (κ1) is 22.9. The van der Waals surface area contributed by atoms with Gasteiger partial charge >= 0.3 is 6.36 Å². The lowest BCUT2D eigenvalue weighted by Gasteiger charge is -2.19. The highest BCUT2D eigenvalue weighted by atomic mass is 19.4. The molecule has 3 N–H and O–H groups in total. The summed E-state index contributed by atoms with van der Waals surface area (Å²) >= 11 is 0. The second kappa shape index (κ2) is 10.6. The van der Waals surface area contributed by atoms with Crippen LogP contribution in [0.1, 0.15) is 36.1 Å². The van der Waals surface area contributed by atoms with Gasteiger partial charge in [0.25, 0.3) is 11.8 Å². The van der Waals surface area contributed by atoms with Crippen molar-refractivity contribution in [3.05, 3.63) is 64.7 Å². The van der Waals surface area contributed by atoms with Crippen LogP contribution in [0, 0.1) is 19.7 Å². The Balaban J connectivity index is 2.12. The number of nitrogens with two attached hydrogens (primary N) is 1. The molecule has 3 aromatic rings. The van der Waals surface area contributed by atoms with Crippen molar-refractivity contribution in [2.45, 2.75) is 20.2 Å². The van der Waals surface area contributed by atoms with Crippen LogP contribution in [0.2, 0.25) is 0 Å². The predicted molar refractivity (Wildman–Crippen MR) is 123 cm³/mol. The number of methoxy groups -OCH3 is 2. The molecule has 0 aliphatic heterocycles. The van der Waals surface area contributed by atoms with Crippen LogP contribution in [-0.2, 0) is 0 Å². The van der Waals surface area contributed by atoms with E-state index in [-0.39, 0.29) is 28.4 Å². The maximum atomic E-state index is 15.0. The molecule has 0 aliphatic carbocycles. The lowest BCUT2D eigenvalue weighted by Crippen LogP contribution is -2.18. The highest BCUT2D eigenvalue weighted by Crippen LogP contribution is 2.42. The van der Waals surface area contributed by atoms with E-state index in [1.807, 2.05) is 0 Å². The van der Waals surface area contributed by atoms with Crippen LogP contribution in [-0.4, -0.2) is 37.3 Å². The Bertz CT molecular complexity index is 1470. The van der Waals surface area contributed by atoms with Crippen molar-refractivity contribution in [3.8, 4) is 28.7 Å². The maximum absolute atomic E-state index is 15.0. The van der Waals surface area contributed by atoms with Gasteiger partial charge in [0, 0.05) is 11.9 Å².